The van der Waals surface area contributed by atoms with Crippen LogP contribution in [-0.2, 0) is 19.4 Å². The second kappa shape index (κ2) is 7.40. The molecule has 1 atom stereocenters. The molecule has 0 radical (unpaired) electrons. The van der Waals surface area contributed by atoms with Crippen LogP contribution in [0.15, 0.2) is 47.4 Å². The number of hydrogen-bond donors (Lipinski definition) is 1. The van der Waals surface area contributed by atoms with Crippen LogP contribution in [0.4, 0.5) is 10.8 Å². The predicted octanol–water partition coefficient (Wildman–Crippen LogP) is 3.34. The van der Waals surface area contributed by atoms with Gasteiger partial charge in [-0.15, -0.1) is 0 Å². The topological polar surface area (TPSA) is 96.4 Å². The van der Waals surface area contributed by atoms with E-state index in [1.807, 2.05) is 0 Å². The van der Waals surface area contributed by atoms with E-state index in [-0.39, 0.29) is 29.7 Å². The van der Waals surface area contributed by atoms with E-state index in [9.17, 15) is 18.0 Å². The Hall–Kier alpha value is -2.49. The van der Waals surface area contributed by atoms with Gasteiger partial charge in [0, 0.05) is 29.9 Å². The first-order valence-corrected chi connectivity index (χ1v) is 11.8. The molecule has 2 aromatic carbocycles. The van der Waals surface area contributed by atoms with Crippen molar-refractivity contribution in [1.29, 1.82) is 0 Å². The summed E-state index contributed by atoms with van der Waals surface area (Å²) in [5.41, 5.74) is 1.26. The molecule has 2 heterocycles. The van der Waals surface area contributed by atoms with Gasteiger partial charge in [-0.3, -0.25) is 9.59 Å². The molecule has 0 saturated carbocycles. The van der Waals surface area contributed by atoms with Gasteiger partial charge in [0.15, 0.2) is 15.0 Å². The highest BCUT2D eigenvalue weighted by Crippen LogP contribution is 2.31. The molecule has 7 nitrogen and oxygen atoms in total. The van der Waals surface area contributed by atoms with Crippen molar-refractivity contribution in [2.75, 3.05) is 23.0 Å². The summed E-state index contributed by atoms with van der Waals surface area (Å²) < 4.78 is 24.1. The Labute approximate surface area is 176 Å². The lowest BCUT2D eigenvalue weighted by Crippen LogP contribution is -2.28. The molecule has 1 fully saturated rings. The van der Waals surface area contributed by atoms with Gasteiger partial charge in [-0.05, 0) is 36.4 Å². The molecule has 1 aliphatic rings. The second-order valence-electron chi connectivity index (χ2n) is 6.80. The van der Waals surface area contributed by atoms with E-state index in [0.717, 1.165) is 6.26 Å². The zero-order valence-corrected chi connectivity index (χ0v) is 17.6. The zero-order chi connectivity index (χ0) is 20.8. The molecule has 29 heavy (non-hydrogen) atoms. The van der Waals surface area contributed by atoms with Crippen LogP contribution in [0.2, 0.25) is 5.02 Å². The lowest BCUT2D eigenvalue weighted by Gasteiger charge is -2.16. The standard InChI is InChI=1S/C19H16ClN3O4S2/c1-29(26,27)14-5-6-15-16(9-14)28-19(21-15)22-18(25)11-7-17(24)23(10-11)13-4-2-3-12(20)8-13/h2-6,8-9,11H,7,10H2,1H3,(H,21,22,25). The zero-order valence-electron chi connectivity index (χ0n) is 15.3. The average molecular weight is 450 g/mol. The van der Waals surface area contributed by atoms with Crippen LogP contribution in [0.3, 0.4) is 0 Å². The van der Waals surface area contributed by atoms with Gasteiger partial charge in [0.25, 0.3) is 0 Å². The van der Waals surface area contributed by atoms with Crippen molar-refractivity contribution in [3.63, 3.8) is 0 Å². The lowest BCUT2D eigenvalue weighted by atomic mass is 10.1. The summed E-state index contributed by atoms with van der Waals surface area (Å²) in [4.78, 5) is 31.1. The molecule has 150 valence electrons. The Kier molecular flexibility index (Phi) is 5.05. The highest BCUT2D eigenvalue weighted by atomic mass is 35.5. The fourth-order valence-electron chi connectivity index (χ4n) is 3.17. The molecule has 0 spiro atoms. The van der Waals surface area contributed by atoms with Gasteiger partial charge >= 0.3 is 0 Å². The molecule has 0 bridgehead atoms. The van der Waals surface area contributed by atoms with Crippen molar-refractivity contribution in [1.82, 2.24) is 4.98 Å². The first-order chi connectivity index (χ1) is 13.7. The Balaban J connectivity index is 1.50. The van der Waals surface area contributed by atoms with Gasteiger partial charge in [0.05, 0.1) is 21.0 Å². The van der Waals surface area contributed by atoms with E-state index in [1.165, 1.54) is 23.5 Å². The van der Waals surface area contributed by atoms with E-state index in [4.69, 9.17) is 11.6 Å². The third-order valence-corrected chi connectivity index (χ3v) is 6.91. The molecule has 1 saturated heterocycles. The number of nitrogens with zero attached hydrogens (tertiary/aromatic N) is 2. The van der Waals surface area contributed by atoms with Crippen LogP contribution in [0, 0.1) is 5.92 Å². The summed E-state index contributed by atoms with van der Waals surface area (Å²) in [6.07, 6.45) is 1.24. The second-order valence-corrected chi connectivity index (χ2v) is 10.3. The Morgan fingerprint density at radius 1 is 1.28 bits per heavy atom. The quantitative estimate of drug-likeness (QED) is 0.658. The van der Waals surface area contributed by atoms with Crippen LogP contribution >= 0.6 is 22.9 Å². The lowest BCUT2D eigenvalue weighted by molar-refractivity contribution is -0.122. The maximum absolute atomic E-state index is 12.7. The summed E-state index contributed by atoms with van der Waals surface area (Å²) >= 11 is 7.18. The molecule has 1 aliphatic heterocycles. The van der Waals surface area contributed by atoms with Gasteiger partial charge in [-0.2, -0.15) is 0 Å². The maximum Gasteiger partial charge on any atom is 0.231 e. The molecule has 2 amide bonds. The van der Waals surface area contributed by atoms with Crippen molar-refractivity contribution < 1.29 is 18.0 Å². The molecule has 1 unspecified atom stereocenters. The van der Waals surface area contributed by atoms with Crippen molar-refractivity contribution in [2.45, 2.75) is 11.3 Å². The van der Waals surface area contributed by atoms with E-state index in [2.05, 4.69) is 10.3 Å². The molecule has 1 aromatic heterocycles. The maximum atomic E-state index is 12.7. The van der Waals surface area contributed by atoms with Crippen LogP contribution in [0.25, 0.3) is 10.2 Å². The summed E-state index contributed by atoms with van der Waals surface area (Å²) in [6.45, 7) is 0.258. The largest absolute Gasteiger partial charge is 0.312 e. The number of hydrogen-bond acceptors (Lipinski definition) is 6. The summed E-state index contributed by atoms with van der Waals surface area (Å²) in [5, 5.41) is 3.63. The normalized spacial score (nSPS) is 17.1. The average Bonchev–Trinajstić information content (AvgIpc) is 3.23. The number of amides is 2. The minimum absolute atomic E-state index is 0.0987. The Morgan fingerprint density at radius 2 is 2.07 bits per heavy atom. The number of rotatable bonds is 4. The number of carbonyl (C=O) groups is 2. The van der Waals surface area contributed by atoms with Gasteiger partial charge in [-0.25, -0.2) is 13.4 Å². The first-order valence-electron chi connectivity index (χ1n) is 8.68. The van der Waals surface area contributed by atoms with E-state index in [1.54, 1.807) is 35.2 Å². The number of halogens is 1. The van der Waals surface area contributed by atoms with Crippen molar-refractivity contribution in [2.24, 2.45) is 5.92 Å². The van der Waals surface area contributed by atoms with E-state index in [0.29, 0.717) is 26.1 Å². The number of fused-ring (bicyclic) bond motifs is 1. The van der Waals surface area contributed by atoms with Crippen LogP contribution in [-0.4, -0.2) is 38.0 Å². The SMILES string of the molecule is CS(=O)(=O)c1ccc2nc(NC(=O)C3CC(=O)N(c4cccc(Cl)c4)C3)sc2c1. The molecule has 10 heteroatoms. The highest BCUT2D eigenvalue weighted by molar-refractivity contribution is 7.90. The summed E-state index contributed by atoms with van der Waals surface area (Å²) in [7, 11) is -3.32. The van der Waals surface area contributed by atoms with E-state index < -0.39 is 15.8 Å². The van der Waals surface area contributed by atoms with Crippen LogP contribution in [0.1, 0.15) is 6.42 Å². The van der Waals surface area contributed by atoms with Crippen molar-refractivity contribution in [3.05, 3.63) is 47.5 Å². The van der Waals surface area contributed by atoms with Gasteiger partial charge in [0.1, 0.15) is 0 Å². The number of carbonyl (C=O) groups excluding carboxylic acids is 2. The highest BCUT2D eigenvalue weighted by Gasteiger charge is 2.35. The molecular weight excluding hydrogens is 434 g/mol. The molecule has 3 aromatic rings. The van der Waals surface area contributed by atoms with Crippen molar-refractivity contribution >= 4 is 65.6 Å². The van der Waals surface area contributed by atoms with E-state index >= 15 is 0 Å². The minimum atomic E-state index is -3.32. The number of benzene rings is 2. The van der Waals surface area contributed by atoms with Crippen LogP contribution < -0.4 is 10.2 Å². The van der Waals surface area contributed by atoms with Gasteiger partial charge in [-0.1, -0.05) is 29.0 Å². The third-order valence-electron chi connectivity index (χ3n) is 4.63. The number of thiazole rings is 1. The Morgan fingerprint density at radius 3 is 2.79 bits per heavy atom. The monoisotopic (exact) mass is 449 g/mol. The number of anilines is 2. The third kappa shape index (κ3) is 4.12. The fraction of sp³-hybridized carbons (Fsp3) is 0.211. The van der Waals surface area contributed by atoms with Gasteiger partial charge < -0.3 is 10.2 Å². The van der Waals surface area contributed by atoms with Crippen LogP contribution in [0.5, 0.6) is 0 Å². The number of nitrogens with one attached hydrogen (secondary N) is 1. The number of sulfone groups is 1. The predicted molar refractivity (Wildman–Crippen MR) is 113 cm³/mol. The first kappa shape index (κ1) is 19.8. The van der Waals surface area contributed by atoms with Gasteiger partial charge in [0.2, 0.25) is 11.8 Å². The fourth-order valence-corrected chi connectivity index (χ4v) is 4.99. The summed E-state index contributed by atoms with van der Waals surface area (Å²) in [5.74, 6) is -0.958. The Bertz CT molecular complexity index is 1240. The van der Waals surface area contributed by atoms with Crippen molar-refractivity contribution in [3.8, 4) is 0 Å². The smallest absolute Gasteiger partial charge is 0.231 e. The number of aromatic nitrogens is 1. The molecule has 4 rings (SSSR count). The summed E-state index contributed by atoms with van der Waals surface area (Å²) in [6, 6.07) is 11.6. The molecular formula is C19H16ClN3O4S2. The molecule has 0 aliphatic carbocycles. The molecule has 1 N–H and O–H groups in total. The minimum Gasteiger partial charge on any atom is -0.312 e.